The molecule has 0 atom stereocenters. The van der Waals surface area contributed by atoms with Crippen molar-refractivity contribution in [2.24, 2.45) is 0 Å². The molecule has 8 heteroatoms. The number of nitro benzene ring substituents is 1. The Bertz CT molecular complexity index is 1110. The maximum absolute atomic E-state index is 13.3. The number of unbranched alkanes of at least 4 members (excludes halogenated alkanes) is 1. The maximum Gasteiger partial charge on any atom is 0.416 e. The fourth-order valence-corrected chi connectivity index (χ4v) is 3.36. The number of alkyl halides is 3. The molecule has 3 aromatic carbocycles. The molecule has 0 saturated heterocycles. The molecule has 0 spiro atoms. The number of halogens is 3. The molecule has 0 amide bonds. The quantitative estimate of drug-likeness (QED) is 0.210. The zero-order valence-electron chi connectivity index (χ0n) is 17.6. The number of hydrogen-bond acceptors (Lipinski definition) is 4. The summed E-state index contributed by atoms with van der Waals surface area (Å²) in [5.74, 6) is 0.861. The fraction of sp³-hybridized carbons (Fsp3) is 0.250. The van der Waals surface area contributed by atoms with E-state index in [9.17, 15) is 23.3 Å². The summed E-state index contributed by atoms with van der Waals surface area (Å²) in [5.41, 5.74) is 0.0456. The van der Waals surface area contributed by atoms with Crippen LogP contribution in [-0.4, -0.2) is 18.6 Å². The molecule has 0 fully saturated rings. The summed E-state index contributed by atoms with van der Waals surface area (Å²) in [6, 6.07) is 14.0. The highest BCUT2D eigenvalue weighted by Gasteiger charge is 2.31. The second kappa shape index (κ2) is 9.72. The minimum atomic E-state index is -4.54. The summed E-state index contributed by atoms with van der Waals surface area (Å²) < 4.78 is 51.0. The number of nitrogens with zero attached hydrogens (tertiary/aromatic N) is 1. The molecule has 5 nitrogen and oxygen atoms in total. The number of methoxy groups -OCH3 is 1. The number of benzene rings is 3. The van der Waals surface area contributed by atoms with Gasteiger partial charge < -0.3 is 9.47 Å². The highest BCUT2D eigenvalue weighted by molar-refractivity contribution is 5.92. The van der Waals surface area contributed by atoms with Crippen LogP contribution in [0.25, 0.3) is 22.3 Å². The maximum atomic E-state index is 13.3. The van der Waals surface area contributed by atoms with Gasteiger partial charge in [0.15, 0.2) is 0 Å². The molecule has 0 aromatic heterocycles. The molecule has 0 radical (unpaired) electrons. The third-order valence-corrected chi connectivity index (χ3v) is 4.95. The Kier molecular flexibility index (Phi) is 7.02. The first kappa shape index (κ1) is 23.1. The minimum Gasteiger partial charge on any atom is -0.497 e. The van der Waals surface area contributed by atoms with Crippen molar-refractivity contribution in [3.8, 4) is 33.8 Å². The lowest BCUT2D eigenvalue weighted by molar-refractivity contribution is -0.384. The van der Waals surface area contributed by atoms with Gasteiger partial charge in [-0.3, -0.25) is 10.1 Å². The van der Waals surface area contributed by atoms with Crippen molar-refractivity contribution < 1.29 is 27.6 Å². The molecule has 32 heavy (non-hydrogen) atoms. The first-order valence-electron chi connectivity index (χ1n) is 10.0. The van der Waals surface area contributed by atoms with Crippen LogP contribution in [0.2, 0.25) is 0 Å². The van der Waals surface area contributed by atoms with Gasteiger partial charge in [0.05, 0.1) is 29.8 Å². The smallest absolute Gasteiger partial charge is 0.416 e. The Morgan fingerprint density at radius 2 is 1.75 bits per heavy atom. The van der Waals surface area contributed by atoms with Gasteiger partial charge in [-0.1, -0.05) is 37.6 Å². The number of ether oxygens (including phenoxy) is 2. The topological polar surface area (TPSA) is 61.6 Å². The Morgan fingerprint density at radius 1 is 1.00 bits per heavy atom. The molecular weight excluding hydrogens is 423 g/mol. The van der Waals surface area contributed by atoms with E-state index in [4.69, 9.17) is 9.47 Å². The van der Waals surface area contributed by atoms with Crippen molar-refractivity contribution in [1.82, 2.24) is 0 Å². The van der Waals surface area contributed by atoms with E-state index >= 15 is 0 Å². The zero-order valence-corrected chi connectivity index (χ0v) is 17.6. The first-order chi connectivity index (χ1) is 15.3. The van der Waals surface area contributed by atoms with Gasteiger partial charge in [-0.05, 0) is 41.8 Å². The highest BCUT2D eigenvalue weighted by atomic mass is 19.4. The molecule has 0 unspecified atom stereocenters. The van der Waals surface area contributed by atoms with Gasteiger partial charge >= 0.3 is 6.18 Å². The van der Waals surface area contributed by atoms with Crippen molar-refractivity contribution in [1.29, 1.82) is 0 Å². The molecule has 0 aliphatic carbocycles. The SMILES string of the molecule is CCCCOc1cc(OC)ccc1-c1c(-c2cccc(C(F)(F)F)c2)cccc1[N+](=O)[O-]. The molecule has 3 aromatic rings. The summed E-state index contributed by atoms with van der Waals surface area (Å²) in [6.07, 6.45) is -2.88. The van der Waals surface area contributed by atoms with Crippen LogP contribution in [-0.2, 0) is 6.18 Å². The Labute approximate surface area is 183 Å². The average Bonchev–Trinajstić information content (AvgIpc) is 2.78. The second-order valence-electron chi connectivity index (χ2n) is 7.10. The van der Waals surface area contributed by atoms with Crippen LogP contribution in [0.5, 0.6) is 11.5 Å². The van der Waals surface area contributed by atoms with Gasteiger partial charge in [0.25, 0.3) is 5.69 Å². The molecule has 0 saturated carbocycles. The fourth-order valence-electron chi connectivity index (χ4n) is 3.36. The van der Waals surface area contributed by atoms with E-state index in [0.29, 0.717) is 29.2 Å². The van der Waals surface area contributed by atoms with Crippen LogP contribution >= 0.6 is 0 Å². The van der Waals surface area contributed by atoms with Crippen molar-refractivity contribution in [3.05, 3.63) is 76.3 Å². The van der Waals surface area contributed by atoms with E-state index in [2.05, 4.69) is 0 Å². The molecular formula is C24H22F3NO4. The molecule has 0 bridgehead atoms. The Balaban J connectivity index is 2.26. The predicted molar refractivity (Wildman–Crippen MR) is 116 cm³/mol. The van der Waals surface area contributed by atoms with Gasteiger partial charge in [0, 0.05) is 17.7 Å². The summed E-state index contributed by atoms with van der Waals surface area (Å²) in [6.45, 7) is 2.39. The van der Waals surface area contributed by atoms with Gasteiger partial charge in [-0.2, -0.15) is 13.2 Å². The van der Waals surface area contributed by atoms with E-state index in [0.717, 1.165) is 25.0 Å². The second-order valence-corrected chi connectivity index (χ2v) is 7.10. The average molecular weight is 445 g/mol. The molecule has 168 valence electrons. The molecule has 3 rings (SSSR count). The third kappa shape index (κ3) is 5.01. The number of nitro groups is 1. The van der Waals surface area contributed by atoms with Crippen molar-refractivity contribution in [2.45, 2.75) is 25.9 Å². The van der Waals surface area contributed by atoms with Crippen LogP contribution in [0, 0.1) is 10.1 Å². The summed E-state index contributed by atoms with van der Waals surface area (Å²) in [4.78, 5) is 11.3. The van der Waals surface area contributed by atoms with Crippen LogP contribution in [0.1, 0.15) is 25.3 Å². The lowest BCUT2D eigenvalue weighted by atomic mass is 9.91. The summed E-state index contributed by atoms with van der Waals surface area (Å²) in [7, 11) is 1.49. The van der Waals surface area contributed by atoms with Crippen LogP contribution in [0.4, 0.5) is 18.9 Å². The normalized spacial score (nSPS) is 11.3. The van der Waals surface area contributed by atoms with E-state index in [1.807, 2.05) is 6.92 Å². The van der Waals surface area contributed by atoms with Crippen LogP contribution in [0.3, 0.4) is 0 Å². The van der Waals surface area contributed by atoms with Gasteiger partial charge in [0.1, 0.15) is 11.5 Å². The van der Waals surface area contributed by atoms with E-state index < -0.39 is 16.7 Å². The monoisotopic (exact) mass is 445 g/mol. The predicted octanol–water partition coefficient (Wildman–Crippen LogP) is 7.14. The van der Waals surface area contributed by atoms with E-state index in [1.54, 1.807) is 24.3 Å². The Hall–Kier alpha value is -3.55. The lowest BCUT2D eigenvalue weighted by Crippen LogP contribution is -2.05. The van der Waals surface area contributed by atoms with E-state index in [-0.39, 0.29) is 16.8 Å². The molecule has 0 aliphatic rings. The lowest BCUT2D eigenvalue weighted by Gasteiger charge is -2.17. The third-order valence-electron chi connectivity index (χ3n) is 4.95. The van der Waals surface area contributed by atoms with Crippen molar-refractivity contribution in [2.75, 3.05) is 13.7 Å². The first-order valence-corrected chi connectivity index (χ1v) is 10.0. The molecule has 0 aliphatic heterocycles. The highest BCUT2D eigenvalue weighted by Crippen LogP contribution is 2.45. The molecule has 0 heterocycles. The molecule has 0 N–H and O–H groups in total. The summed E-state index contributed by atoms with van der Waals surface area (Å²) >= 11 is 0. The van der Waals surface area contributed by atoms with Gasteiger partial charge in [0.2, 0.25) is 0 Å². The number of rotatable bonds is 8. The van der Waals surface area contributed by atoms with E-state index in [1.165, 1.54) is 31.4 Å². The Morgan fingerprint density at radius 3 is 2.41 bits per heavy atom. The van der Waals surface area contributed by atoms with Crippen molar-refractivity contribution >= 4 is 5.69 Å². The standard InChI is InChI=1S/C24H22F3NO4/c1-3-4-13-32-22-15-18(31-2)11-12-20(22)23-19(9-6-10-21(23)28(29)30)16-7-5-8-17(14-16)24(25,26)27/h5-12,14-15H,3-4,13H2,1-2H3. The zero-order chi connectivity index (χ0) is 23.3. The van der Waals surface area contributed by atoms with Gasteiger partial charge in [-0.25, -0.2) is 0 Å². The van der Waals surface area contributed by atoms with Crippen LogP contribution < -0.4 is 9.47 Å². The minimum absolute atomic E-state index is 0.186. The van der Waals surface area contributed by atoms with Crippen molar-refractivity contribution in [3.63, 3.8) is 0 Å². The van der Waals surface area contributed by atoms with Crippen LogP contribution in [0.15, 0.2) is 60.7 Å². The number of hydrogen-bond donors (Lipinski definition) is 0. The van der Waals surface area contributed by atoms with Gasteiger partial charge in [-0.15, -0.1) is 0 Å². The largest absolute Gasteiger partial charge is 0.497 e. The summed E-state index contributed by atoms with van der Waals surface area (Å²) in [5, 5.41) is 11.9.